The van der Waals surface area contributed by atoms with Crippen molar-refractivity contribution in [1.82, 2.24) is 24.9 Å². The Morgan fingerprint density at radius 2 is 1.96 bits per heavy atom. The number of ether oxygens (including phenoxy) is 1. The molecule has 0 amide bonds. The molecule has 1 saturated heterocycles. The molecule has 0 atom stereocenters. The second-order valence-corrected chi connectivity index (χ2v) is 6.30. The number of hydrogen-bond acceptors (Lipinski definition) is 5. The van der Waals surface area contributed by atoms with Crippen LogP contribution in [0.2, 0.25) is 0 Å². The predicted octanol–water partition coefficient (Wildman–Crippen LogP) is 1.04. The van der Waals surface area contributed by atoms with Crippen molar-refractivity contribution < 1.29 is 4.74 Å². The van der Waals surface area contributed by atoms with Gasteiger partial charge < -0.3 is 9.72 Å². The summed E-state index contributed by atoms with van der Waals surface area (Å²) in [6.45, 7) is 5.15. The first-order chi connectivity index (χ1) is 12.3. The second-order valence-electron chi connectivity index (χ2n) is 6.30. The minimum Gasteiger partial charge on any atom is -0.379 e. The SMILES string of the molecule is O=c1[nH]cc(Cn2cc(CCN3CCOCC3)nn2)c2ccccc12. The van der Waals surface area contributed by atoms with E-state index in [-0.39, 0.29) is 5.56 Å². The molecule has 0 saturated carbocycles. The molecule has 3 heterocycles. The third kappa shape index (κ3) is 3.62. The van der Waals surface area contributed by atoms with Crippen LogP contribution in [0.25, 0.3) is 10.8 Å². The lowest BCUT2D eigenvalue weighted by atomic mass is 10.1. The molecule has 0 unspecified atom stereocenters. The van der Waals surface area contributed by atoms with Crippen LogP contribution < -0.4 is 5.56 Å². The highest BCUT2D eigenvalue weighted by Crippen LogP contribution is 2.15. The first kappa shape index (κ1) is 16.0. The van der Waals surface area contributed by atoms with Crippen molar-refractivity contribution in [3.8, 4) is 0 Å². The molecule has 0 aliphatic carbocycles. The van der Waals surface area contributed by atoms with Crippen molar-refractivity contribution in [2.75, 3.05) is 32.8 Å². The van der Waals surface area contributed by atoms with E-state index in [0.717, 1.165) is 55.9 Å². The molecule has 1 aromatic carbocycles. The summed E-state index contributed by atoms with van der Waals surface area (Å²) < 4.78 is 7.19. The zero-order valence-electron chi connectivity index (χ0n) is 14.0. The Balaban J connectivity index is 1.46. The molecule has 4 rings (SSSR count). The number of aromatic nitrogens is 4. The zero-order chi connectivity index (χ0) is 17.1. The molecule has 7 nitrogen and oxygen atoms in total. The quantitative estimate of drug-likeness (QED) is 0.752. The lowest BCUT2D eigenvalue weighted by molar-refractivity contribution is 0.0383. The third-order valence-corrected chi connectivity index (χ3v) is 4.60. The van der Waals surface area contributed by atoms with E-state index in [9.17, 15) is 4.79 Å². The zero-order valence-corrected chi connectivity index (χ0v) is 14.0. The van der Waals surface area contributed by atoms with Crippen LogP contribution in [0.5, 0.6) is 0 Å². The van der Waals surface area contributed by atoms with E-state index >= 15 is 0 Å². The van der Waals surface area contributed by atoms with Crippen molar-refractivity contribution >= 4 is 10.8 Å². The molecule has 3 aromatic rings. The number of benzene rings is 1. The number of nitrogens with zero attached hydrogens (tertiary/aromatic N) is 4. The molecule has 1 aliphatic heterocycles. The van der Waals surface area contributed by atoms with Gasteiger partial charge in [0.1, 0.15) is 0 Å². The summed E-state index contributed by atoms with van der Waals surface area (Å²) in [4.78, 5) is 17.1. The van der Waals surface area contributed by atoms with Crippen LogP contribution in [-0.4, -0.2) is 57.7 Å². The lowest BCUT2D eigenvalue weighted by Gasteiger charge is -2.25. The minimum atomic E-state index is -0.0656. The first-order valence-corrected chi connectivity index (χ1v) is 8.58. The Morgan fingerprint density at radius 3 is 2.80 bits per heavy atom. The van der Waals surface area contributed by atoms with Crippen LogP contribution in [-0.2, 0) is 17.7 Å². The van der Waals surface area contributed by atoms with E-state index in [2.05, 4.69) is 20.2 Å². The average molecular weight is 339 g/mol. The largest absolute Gasteiger partial charge is 0.379 e. The van der Waals surface area contributed by atoms with E-state index in [1.54, 1.807) is 6.20 Å². The molecule has 1 N–H and O–H groups in total. The molecule has 1 fully saturated rings. The Kier molecular flexibility index (Phi) is 4.58. The fourth-order valence-electron chi connectivity index (χ4n) is 3.20. The number of aromatic amines is 1. The highest BCUT2D eigenvalue weighted by Gasteiger charge is 2.11. The normalized spacial score (nSPS) is 15.7. The molecule has 130 valence electrons. The number of pyridine rings is 1. The van der Waals surface area contributed by atoms with E-state index in [4.69, 9.17) is 4.74 Å². The van der Waals surface area contributed by atoms with Gasteiger partial charge in [-0.2, -0.15) is 0 Å². The standard InChI is InChI=1S/C18H21N5O2/c24-18-17-4-2-1-3-16(17)14(11-19-18)12-23-13-15(20-21-23)5-6-22-7-9-25-10-8-22/h1-4,11,13H,5-10,12H2,(H,19,24). The van der Waals surface area contributed by atoms with Gasteiger partial charge in [0, 0.05) is 43.8 Å². The summed E-state index contributed by atoms with van der Waals surface area (Å²) in [6, 6.07) is 7.63. The number of rotatable bonds is 5. The highest BCUT2D eigenvalue weighted by atomic mass is 16.5. The van der Waals surface area contributed by atoms with Crippen molar-refractivity contribution in [2.45, 2.75) is 13.0 Å². The van der Waals surface area contributed by atoms with Crippen LogP contribution >= 0.6 is 0 Å². The third-order valence-electron chi connectivity index (χ3n) is 4.60. The number of fused-ring (bicyclic) bond motifs is 1. The van der Waals surface area contributed by atoms with Crippen molar-refractivity contribution in [2.24, 2.45) is 0 Å². The smallest absolute Gasteiger partial charge is 0.255 e. The fourth-order valence-corrected chi connectivity index (χ4v) is 3.20. The van der Waals surface area contributed by atoms with Gasteiger partial charge >= 0.3 is 0 Å². The van der Waals surface area contributed by atoms with Gasteiger partial charge in [0.15, 0.2) is 0 Å². The molecule has 2 aromatic heterocycles. The van der Waals surface area contributed by atoms with Gasteiger partial charge in [0.05, 0.1) is 25.5 Å². The Labute approximate surface area is 145 Å². The Hall–Kier alpha value is -2.51. The maximum Gasteiger partial charge on any atom is 0.255 e. The van der Waals surface area contributed by atoms with Gasteiger partial charge in [-0.1, -0.05) is 23.4 Å². The lowest BCUT2D eigenvalue weighted by Crippen LogP contribution is -2.37. The van der Waals surface area contributed by atoms with Crippen molar-refractivity contribution in [3.05, 3.63) is 58.3 Å². The molecule has 7 heteroatoms. The average Bonchev–Trinajstić information content (AvgIpc) is 3.11. The molecular formula is C18H21N5O2. The number of morpholine rings is 1. The minimum absolute atomic E-state index is 0.0656. The van der Waals surface area contributed by atoms with Gasteiger partial charge in [0.2, 0.25) is 0 Å². The summed E-state index contributed by atoms with van der Waals surface area (Å²) in [7, 11) is 0. The van der Waals surface area contributed by atoms with Gasteiger partial charge in [-0.05, 0) is 17.0 Å². The molecule has 0 radical (unpaired) electrons. The predicted molar refractivity (Wildman–Crippen MR) is 94.7 cm³/mol. The maximum atomic E-state index is 11.9. The first-order valence-electron chi connectivity index (χ1n) is 8.58. The molecule has 0 bridgehead atoms. The van der Waals surface area contributed by atoms with Crippen LogP contribution in [0.4, 0.5) is 0 Å². The van der Waals surface area contributed by atoms with Crippen LogP contribution in [0.1, 0.15) is 11.3 Å². The molecule has 25 heavy (non-hydrogen) atoms. The van der Waals surface area contributed by atoms with E-state index in [0.29, 0.717) is 11.9 Å². The van der Waals surface area contributed by atoms with E-state index in [1.807, 2.05) is 35.1 Å². The number of hydrogen-bond donors (Lipinski definition) is 1. The molecule has 0 spiro atoms. The summed E-state index contributed by atoms with van der Waals surface area (Å²) in [5.41, 5.74) is 1.95. The molecule has 1 aliphatic rings. The fraction of sp³-hybridized carbons (Fsp3) is 0.389. The van der Waals surface area contributed by atoms with Gasteiger partial charge in [-0.3, -0.25) is 9.69 Å². The summed E-state index contributed by atoms with van der Waals surface area (Å²) in [6.07, 6.45) is 4.63. The summed E-state index contributed by atoms with van der Waals surface area (Å²) >= 11 is 0. The number of nitrogens with one attached hydrogen (secondary N) is 1. The van der Waals surface area contributed by atoms with Crippen LogP contribution in [0.15, 0.2) is 41.5 Å². The van der Waals surface area contributed by atoms with Crippen LogP contribution in [0, 0.1) is 0 Å². The maximum absolute atomic E-state index is 11.9. The monoisotopic (exact) mass is 339 g/mol. The molecular weight excluding hydrogens is 318 g/mol. The van der Waals surface area contributed by atoms with E-state index in [1.165, 1.54) is 0 Å². The van der Waals surface area contributed by atoms with Crippen molar-refractivity contribution in [3.63, 3.8) is 0 Å². The second kappa shape index (κ2) is 7.16. The van der Waals surface area contributed by atoms with Crippen molar-refractivity contribution in [1.29, 1.82) is 0 Å². The van der Waals surface area contributed by atoms with Gasteiger partial charge in [0.25, 0.3) is 5.56 Å². The topological polar surface area (TPSA) is 76.0 Å². The highest BCUT2D eigenvalue weighted by molar-refractivity contribution is 5.84. The summed E-state index contributed by atoms with van der Waals surface area (Å²) in [5, 5.41) is 10.2. The Bertz CT molecular complexity index is 911. The van der Waals surface area contributed by atoms with Gasteiger partial charge in [-0.25, -0.2) is 4.68 Å². The number of H-pyrrole nitrogens is 1. The van der Waals surface area contributed by atoms with E-state index < -0.39 is 0 Å². The summed E-state index contributed by atoms with van der Waals surface area (Å²) in [5.74, 6) is 0. The Morgan fingerprint density at radius 1 is 1.16 bits per heavy atom. The van der Waals surface area contributed by atoms with Crippen LogP contribution in [0.3, 0.4) is 0 Å². The van der Waals surface area contributed by atoms with Gasteiger partial charge in [-0.15, -0.1) is 5.10 Å².